The van der Waals surface area contributed by atoms with Crippen LogP contribution in [0.25, 0.3) is 0 Å². The Kier molecular flexibility index (Phi) is 1.99. The number of hydrogen-bond acceptors (Lipinski definition) is 1. The zero-order valence-electron chi connectivity index (χ0n) is 9.27. The van der Waals surface area contributed by atoms with Crippen LogP contribution in [0.4, 0.5) is 0 Å². The van der Waals surface area contributed by atoms with Gasteiger partial charge in [0.2, 0.25) is 0 Å². The van der Waals surface area contributed by atoms with Crippen molar-refractivity contribution in [1.82, 2.24) is 0 Å². The Balaban J connectivity index is 2.36. The molecule has 1 heteroatoms. The molecule has 0 aromatic carbocycles. The molecular formula is C12H23N. The van der Waals surface area contributed by atoms with Gasteiger partial charge in [0.25, 0.3) is 0 Å². The van der Waals surface area contributed by atoms with E-state index in [0.717, 1.165) is 11.8 Å². The monoisotopic (exact) mass is 181 g/mol. The van der Waals surface area contributed by atoms with E-state index >= 15 is 0 Å². The summed E-state index contributed by atoms with van der Waals surface area (Å²) in [4.78, 5) is 0. The molecule has 0 aromatic heterocycles. The van der Waals surface area contributed by atoms with Crippen molar-refractivity contribution < 1.29 is 0 Å². The number of rotatable bonds is 2. The van der Waals surface area contributed by atoms with Crippen molar-refractivity contribution in [3.05, 3.63) is 0 Å². The topological polar surface area (TPSA) is 26.0 Å². The van der Waals surface area contributed by atoms with Crippen LogP contribution in [0.15, 0.2) is 0 Å². The molecule has 0 aromatic rings. The van der Waals surface area contributed by atoms with Gasteiger partial charge in [0, 0.05) is 5.54 Å². The van der Waals surface area contributed by atoms with Gasteiger partial charge in [-0.3, -0.25) is 0 Å². The fourth-order valence-electron chi connectivity index (χ4n) is 4.46. The number of hydrogen-bond donors (Lipinski definition) is 1. The van der Waals surface area contributed by atoms with E-state index in [1.807, 2.05) is 0 Å². The van der Waals surface area contributed by atoms with Gasteiger partial charge in [-0.25, -0.2) is 0 Å². The van der Waals surface area contributed by atoms with E-state index < -0.39 is 0 Å². The Morgan fingerprint density at radius 3 is 2.00 bits per heavy atom. The van der Waals surface area contributed by atoms with E-state index in [9.17, 15) is 0 Å². The summed E-state index contributed by atoms with van der Waals surface area (Å²) in [5.41, 5.74) is 7.16. The van der Waals surface area contributed by atoms with Gasteiger partial charge >= 0.3 is 0 Å². The van der Waals surface area contributed by atoms with E-state index in [2.05, 4.69) is 20.8 Å². The third-order valence-corrected chi connectivity index (χ3v) is 5.40. The lowest BCUT2D eigenvalue weighted by Crippen LogP contribution is -2.56. The lowest BCUT2D eigenvalue weighted by atomic mass is 9.59. The molecule has 2 aliphatic rings. The van der Waals surface area contributed by atoms with Crippen molar-refractivity contribution in [2.75, 3.05) is 0 Å². The zero-order valence-corrected chi connectivity index (χ0v) is 9.27. The van der Waals surface area contributed by atoms with Crippen LogP contribution in [-0.2, 0) is 0 Å². The quantitative estimate of drug-likeness (QED) is 0.696. The van der Waals surface area contributed by atoms with Gasteiger partial charge in [-0.05, 0) is 56.3 Å². The molecule has 2 bridgehead atoms. The minimum atomic E-state index is 0.124. The molecule has 3 atom stereocenters. The molecule has 0 radical (unpaired) electrons. The summed E-state index contributed by atoms with van der Waals surface area (Å²) in [5.74, 6) is 1.75. The molecule has 0 heterocycles. The molecule has 0 spiro atoms. The molecule has 2 fully saturated rings. The molecule has 2 rings (SSSR count). The molecule has 13 heavy (non-hydrogen) atoms. The van der Waals surface area contributed by atoms with Gasteiger partial charge in [-0.1, -0.05) is 13.8 Å². The van der Waals surface area contributed by atoms with Crippen molar-refractivity contribution >= 4 is 0 Å². The van der Waals surface area contributed by atoms with E-state index in [1.54, 1.807) is 0 Å². The molecule has 2 aliphatic carbocycles. The Labute approximate surface area is 82.1 Å². The van der Waals surface area contributed by atoms with Gasteiger partial charge in [0.1, 0.15) is 0 Å². The maximum atomic E-state index is 6.56. The molecule has 0 amide bonds. The first-order valence-corrected chi connectivity index (χ1v) is 5.87. The van der Waals surface area contributed by atoms with E-state index in [1.165, 1.54) is 32.1 Å². The van der Waals surface area contributed by atoms with Crippen molar-refractivity contribution in [1.29, 1.82) is 0 Å². The van der Waals surface area contributed by atoms with Crippen molar-refractivity contribution in [2.24, 2.45) is 23.0 Å². The van der Waals surface area contributed by atoms with E-state index in [4.69, 9.17) is 5.73 Å². The summed E-state index contributed by atoms with van der Waals surface area (Å²) in [6.45, 7) is 6.97. The third-order valence-electron chi connectivity index (χ3n) is 5.40. The lowest BCUT2D eigenvalue weighted by Gasteiger charge is -2.49. The normalized spacial score (nSPS) is 47.1. The summed E-state index contributed by atoms with van der Waals surface area (Å²) in [6.07, 6.45) is 6.79. The zero-order chi connectivity index (χ0) is 9.69. The first-order valence-electron chi connectivity index (χ1n) is 5.87. The smallest absolute Gasteiger partial charge is 0.0213 e. The summed E-state index contributed by atoms with van der Waals surface area (Å²) in [6, 6.07) is 0. The highest BCUT2D eigenvalue weighted by atomic mass is 14.9. The first kappa shape index (κ1) is 9.51. The van der Waals surface area contributed by atoms with Crippen LogP contribution >= 0.6 is 0 Å². The molecule has 76 valence electrons. The summed E-state index contributed by atoms with van der Waals surface area (Å²) in [7, 11) is 0. The predicted molar refractivity (Wildman–Crippen MR) is 56.4 cm³/mol. The van der Waals surface area contributed by atoms with Crippen LogP contribution in [0.1, 0.15) is 52.9 Å². The molecule has 0 unspecified atom stereocenters. The Morgan fingerprint density at radius 2 is 1.69 bits per heavy atom. The van der Waals surface area contributed by atoms with Gasteiger partial charge in [-0.2, -0.15) is 0 Å². The van der Waals surface area contributed by atoms with E-state index in [-0.39, 0.29) is 5.54 Å². The average Bonchev–Trinajstić information content (AvgIpc) is 2.62. The molecule has 0 aliphatic heterocycles. The van der Waals surface area contributed by atoms with Gasteiger partial charge < -0.3 is 5.73 Å². The minimum absolute atomic E-state index is 0.124. The highest BCUT2D eigenvalue weighted by Gasteiger charge is 2.61. The number of nitrogens with two attached hydrogens (primary N) is 1. The highest BCUT2D eigenvalue weighted by Crippen LogP contribution is 2.63. The van der Waals surface area contributed by atoms with Gasteiger partial charge in [-0.15, -0.1) is 0 Å². The SMILES string of the molecule is CCC1(CC)[C@@H]2CC[C@@H](C2)[C@@]1(C)N. The second-order valence-corrected chi connectivity index (χ2v) is 5.35. The van der Waals surface area contributed by atoms with Gasteiger partial charge in [0.15, 0.2) is 0 Å². The van der Waals surface area contributed by atoms with Crippen LogP contribution < -0.4 is 5.73 Å². The standard InChI is InChI=1S/C12H23N/c1-4-12(5-2)10-7-6-9(8-10)11(12,3)13/h9-10H,4-8,13H2,1-3H3/t9-,10+,11+/m0/s1. The fourth-order valence-corrected chi connectivity index (χ4v) is 4.46. The van der Waals surface area contributed by atoms with Crippen LogP contribution in [0.3, 0.4) is 0 Å². The largest absolute Gasteiger partial charge is 0.325 e. The molecule has 1 nitrogen and oxygen atoms in total. The van der Waals surface area contributed by atoms with E-state index in [0.29, 0.717) is 5.41 Å². The van der Waals surface area contributed by atoms with Crippen molar-refractivity contribution in [3.63, 3.8) is 0 Å². The Bertz CT molecular complexity index is 203. The average molecular weight is 181 g/mol. The molecule has 2 saturated carbocycles. The van der Waals surface area contributed by atoms with Crippen molar-refractivity contribution in [3.8, 4) is 0 Å². The number of fused-ring (bicyclic) bond motifs is 2. The maximum absolute atomic E-state index is 6.56. The molecule has 0 saturated heterocycles. The maximum Gasteiger partial charge on any atom is 0.0213 e. The second-order valence-electron chi connectivity index (χ2n) is 5.35. The predicted octanol–water partition coefficient (Wildman–Crippen LogP) is 2.94. The Morgan fingerprint density at radius 1 is 1.15 bits per heavy atom. The van der Waals surface area contributed by atoms with Crippen LogP contribution in [0, 0.1) is 17.3 Å². The fraction of sp³-hybridized carbons (Fsp3) is 1.00. The minimum Gasteiger partial charge on any atom is -0.325 e. The summed E-state index contributed by atoms with van der Waals surface area (Å²) in [5, 5.41) is 0. The Hall–Kier alpha value is -0.0400. The lowest BCUT2D eigenvalue weighted by molar-refractivity contribution is 0.0512. The third kappa shape index (κ3) is 0.918. The van der Waals surface area contributed by atoms with Crippen molar-refractivity contribution in [2.45, 2.75) is 58.4 Å². The highest BCUT2D eigenvalue weighted by molar-refractivity contribution is 5.15. The second kappa shape index (κ2) is 2.73. The molecular weight excluding hydrogens is 158 g/mol. The summed E-state index contributed by atoms with van der Waals surface area (Å²) < 4.78 is 0. The van der Waals surface area contributed by atoms with Crippen LogP contribution in [-0.4, -0.2) is 5.54 Å². The van der Waals surface area contributed by atoms with Crippen LogP contribution in [0.2, 0.25) is 0 Å². The van der Waals surface area contributed by atoms with Gasteiger partial charge in [0.05, 0.1) is 0 Å². The first-order chi connectivity index (χ1) is 6.08. The van der Waals surface area contributed by atoms with Crippen LogP contribution in [0.5, 0.6) is 0 Å². The summed E-state index contributed by atoms with van der Waals surface area (Å²) >= 11 is 0. The molecule has 2 N–H and O–H groups in total.